The van der Waals surface area contributed by atoms with E-state index in [9.17, 15) is 0 Å². The first-order valence-corrected chi connectivity index (χ1v) is 7.01. The van der Waals surface area contributed by atoms with Gasteiger partial charge in [-0.25, -0.2) is 0 Å². The smallest absolute Gasteiger partial charge is 0.0285 e. The van der Waals surface area contributed by atoms with Gasteiger partial charge < -0.3 is 5.32 Å². The highest BCUT2D eigenvalue weighted by Crippen LogP contribution is 2.47. The third kappa shape index (κ3) is 2.44. The van der Waals surface area contributed by atoms with Crippen LogP contribution in [0.25, 0.3) is 0 Å². The van der Waals surface area contributed by atoms with E-state index in [2.05, 4.69) is 35.2 Å². The average molecular weight is 214 g/mol. The van der Waals surface area contributed by atoms with E-state index >= 15 is 0 Å². The monoisotopic (exact) mass is 214 g/mol. The Morgan fingerprint density at radius 2 is 2.29 bits per heavy atom. The minimum absolute atomic E-state index is 0.648. The van der Waals surface area contributed by atoms with Gasteiger partial charge in [-0.2, -0.15) is 11.8 Å². The van der Waals surface area contributed by atoms with Gasteiger partial charge in [0.2, 0.25) is 0 Å². The topological polar surface area (TPSA) is 15.3 Å². The second-order valence-corrected chi connectivity index (χ2v) is 5.96. The fraction of sp³-hybridized carbons (Fsp3) is 1.00. The molecule has 0 aromatic rings. The second kappa shape index (κ2) is 4.42. The molecule has 3 heteroatoms. The molecule has 1 saturated carbocycles. The molecule has 2 aliphatic rings. The average Bonchev–Trinajstić information content (AvgIpc) is 2.99. The summed E-state index contributed by atoms with van der Waals surface area (Å²) in [5.41, 5.74) is 0. The van der Waals surface area contributed by atoms with Gasteiger partial charge in [-0.15, -0.1) is 0 Å². The molecule has 0 amide bonds. The number of hydrogen-bond donors (Lipinski definition) is 1. The van der Waals surface area contributed by atoms with Crippen molar-refractivity contribution in [2.75, 3.05) is 32.4 Å². The number of thioether (sulfide) groups is 1. The Labute approximate surface area is 91.8 Å². The summed E-state index contributed by atoms with van der Waals surface area (Å²) in [6.07, 6.45) is 6.42. The Balaban J connectivity index is 1.80. The minimum atomic E-state index is 0.648. The zero-order chi connectivity index (χ0) is 10.0. The molecule has 1 aliphatic heterocycles. The van der Waals surface area contributed by atoms with Crippen LogP contribution in [0.5, 0.6) is 0 Å². The van der Waals surface area contributed by atoms with Crippen LogP contribution >= 0.6 is 11.8 Å². The van der Waals surface area contributed by atoms with Crippen LogP contribution < -0.4 is 5.32 Å². The molecule has 1 N–H and O–H groups in total. The fourth-order valence-electron chi connectivity index (χ4n) is 2.29. The normalized spacial score (nSPS) is 31.7. The lowest BCUT2D eigenvalue weighted by Gasteiger charge is -2.35. The molecule has 0 radical (unpaired) electrons. The molecule has 2 nitrogen and oxygen atoms in total. The summed E-state index contributed by atoms with van der Waals surface area (Å²) in [5.74, 6) is 0. The summed E-state index contributed by atoms with van der Waals surface area (Å²) < 4.78 is 0.648. The maximum absolute atomic E-state index is 3.57. The van der Waals surface area contributed by atoms with E-state index in [-0.39, 0.29) is 0 Å². The van der Waals surface area contributed by atoms with Gasteiger partial charge in [0.05, 0.1) is 0 Å². The molecule has 2 fully saturated rings. The number of hydrogen-bond acceptors (Lipinski definition) is 3. The van der Waals surface area contributed by atoms with Crippen LogP contribution in [0.2, 0.25) is 0 Å². The SMILES string of the molecule is CCC1CN(CC2(SC)CC2)CCN1. The van der Waals surface area contributed by atoms with Crippen LogP contribution in [0.4, 0.5) is 0 Å². The van der Waals surface area contributed by atoms with E-state index in [4.69, 9.17) is 0 Å². The molecule has 14 heavy (non-hydrogen) atoms. The molecule has 1 heterocycles. The first kappa shape index (κ1) is 10.8. The molecule has 1 unspecified atom stereocenters. The third-order valence-corrected chi connectivity index (χ3v) is 4.99. The van der Waals surface area contributed by atoms with Crippen LogP contribution in [0.1, 0.15) is 26.2 Å². The maximum atomic E-state index is 3.57. The predicted molar refractivity (Wildman–Crippen MR) is 64.0 cm³/mol. The van der Waals surface area contributed by atoms with Gasteiger partial charge in [-0.1, -0.05) is 6.92 Å². The van der Waals surface area contributed by atoms with E-state index in [1.54, 1.807) is 0 Å². The molecule has 82 valence electrons. The molecular formula is C11H22N2S. The molecule has 0 spiro atoms. The van der Waals surface area contributed by atoms with Gasteiger partial charge >= 0.3 is 0 Å². The van der Waals surface area contributed by atoms with Crippen molar-refractivity contribution in [1.29, 1.82) is 0 Å². The number of nitrogens with one attached hydrogen (secondary N) is 1. The lowest BCUT2D eigenvalue weighted by Crippen LogP contribution is -2.52. The zero-order valence-electron chi connectivity index (χ0n) is 9.38. The Morgan fingerprint density at radius 3 is 2.86 bits per heavy atom. The minimum Gasteiger partial charge on any atom is -0.311 e. The van der Waals surface area contributed by atoms with Crippen molar-refractivity contribution in [1.82, 2.24) is 10.2 Å². The fourth-order valence-corrected chi connectivity index (χ4v) is 3.11. The van der Waals surface area contributed by atoms with Crippen molar-refractivity contribution in [3.05, 3.63) is 0 Å². The van der Waals surface area contributed by atoms with Gasteiger partial charge in [-0.3, -0.25) is 4.90 Å². The summed E-state index contributed by atoms with van der Waals surface area (Å²) in [6.45, 7) is 7.30. The van der Waals surface area contributed by atoms with Crippen molar-refractivity contribution < 1.29 is 0 Å². The van der Waals surface area contributed by atoms with Crippen LogP contribution in [0, 0.1) is 0 Å². The standard InChI is InChI=1S/C11H22N2S/c1-3-10-8-13(7-6-12-10)9-11(14-2)4-5-11/h10,12H,3-9H2,1-2H3. The van der Waals surface area contributed by atoms with E-state index in [0.717, 1.165) is 6.04 Å². The second-order valence-electron chi connectivity index (χ2n) is 4.68. The van der Waals surface area contributed by atoms with Crippen LogP contribution in [-0.2, 0) is 0 Å². The molecule has 0 bridgehead atoms. The van der Waals surface area contributed by atoms with Crippen molar-refractivity contribution in [2.24, 2.45) is 0 Å². The highest BCUT2D eigenvalue weighted by atomic mass is 32.2. The van der Waals surface area contributed by atoms with Gasteiger partial charge in [0.25, 0.3) is 0 Å². The van der Waals surface area contributed by atoms with Crippen LogP contribution in [0.15, 0.2) is 0 Å². The molecular weight excluding hydrogens is 192 g/mol. The highest BCUT2D eigenvalue weighted by molar-refractivity contribution is 8.00. The summed E-state index contributed by atoms with van der Waals surface area (Å²) in [7, 11) is 0. The van der Waals surface area contributed by atoms with Crippen molar-refractivity contribution in [3.8, 4) is 0 Å². The van der Waals surface area contributed by atoms with Gasteiger partial charge in [0.15, 0.2) is 0 Å². The third-order valence-electron chi connectivity index (χ3n) is 3.58. The molecule has 1 atom stereocenters. The Kier molecular flexibility index (Phi) is 3.40. The highest BCUT2D eigenvalue weighted by Gasteiger charge is 2.43. The van der Waals surface area contributed by atoms with E-state index in [1.165, 1.54) is 45.4 Å². The molecule has 1 saturated heterocycles. The van der Waals surface area contributed by atoms with Crippen LogP contribution in [-0.4, -0.2) is 48.1 Å². The Morgan fingerprint density at radius 1 is 1.50 bits per heavy atom. The molecule has 2 rings (SSSR count). The molecule has 0 aromatic carbocycles. The Hall–Kier alpha value is 0.270. The van der Waals surface area contributed by atoms with Crippen molar-refractivity contribution in [2.45, 2.75) is 37.0 Å². The quantitative estimate of drug-likeness (QED) is 0.765. The van der Waals surface area contributed by atoms with Gasteiger partial charge in [-0.05, 0) is 25.5 Å². The summed E-state index contributed by atoms with van der Waals surface area (Å²) in [4.78, 5) is 2.66. The van der Waals surface area contributed by atoms with Crippen LogP contribution in [0.3, 0.4) is 0 Å². The van der Waals surface area contributed by atoms with E-state index in [0.29, 0.717) is 4.75 Å². The first-order valence-electron chi connectivity index (χ1n) is 5.79. The first-order chi connectivity index (χ1) is 6.78. The zero-order valence-corrected chi connectivity index (χ0v) is 10.2. The van der Waals surface area contributed by atoms with E-state index < -0.39 is 0 Å². The Bertz CT molecular complexity index is 192. The molecule has 1 aliphatic carbocycles. The number of piperazine rings is 1. The summed E-state index contributed by atoms with van der Waals surface area (Å²) in [5, 5.41) is 3.57. The van der Waals surface area contributed by atoms with Gasteiger partial charge in [0.1, 0.15) is 0 Å². The lowest BCUT2D eigenvalue weighted by molar-refractivity contribution is 0.195. The predicted octanol–water partition coefficient (Wildman–Crippen LogP) is 1.57. The van der Waals surface area contributed by atoms with E-state index in [1.807, 2.05) is 0 Å². The summed E-state index contributed by atoms with van der Waals surface area (Å²) >= 11 is 2.08. The summed E-state index contributed by atoms with van der Waals surface area (Å²) in [6, 6.07) is 0.737. The van der Waals surface area contributed by atoms with Crippen molar-refractivity contribution in [3.63, 3.8) is 0 Å². The largest absolute Gasteiger partial charge is 0.311 e. The number of nitrogens with zero attached hydrogens (tertiary/aromatic N) is 1. The lowest BCUT2D eigenvalue weighted by atomic mass is 10.1. The number of rotatable bonds is 4. The van der Waals surface area contributed by atoms with Crippen molar-refractivity contribution >= 4 is 11.8 Å². The maximum Gasteiger partial charge on any atom is 0.0285 e. The van der Waals surface area contributed by atoms with Gasteiger partial charge in [0, 0.05) is 37.0 Å². The molecule has 0 aromatic heterocycles.